The van der Waals surface area contributed by atoms with Crippen LogP contribution in [-0.2, 0) is 4.74 Å². The average molecular weight is 494 g/mol. The molecule has 6 N–H and O–H groups in total. The minimum absolute atomic E-state index is 1.40. The van der Waals surface area contributed by atoms with E-state index < -0.39 is 93.3 Å². The molecule has 0 saturated carbocycles. The van der Waals surface area contributed by atoms with Gasteiger partial charge in [0.25, 0.3) is 0 Å². The first-order valence-corrected chi connectivity index (χ1v) is 8.17. The highest BCUT2D eigenvalue weighted by Crippen LogP contribution is 2.16. The van der Waals surface area contributed by atoms with Crippen LogP contribution in [0.4, 0.5) is 0 Å². The zero-order chi connectivity index (χ0) is 26.8. The Bertz CT molecular complexity index is 1280. The molecule has 0 unspecified atom stereocenters. The molecule has 180 valence electrons. The van der Waals surface area contributed by atoms with Crippen LogP contribution in [0.15, 0.2) is 0 Å². The van der Waals surface area contributed by atoms with E-state index in [1.54, 1.807) is 0 Å². The number of nitrogens with zero attached hydrogens (tertiary/aromatic N) is 4. The Balaban J connectivity index is 2.66. The number of esters is 2. The fourth-order valence-electron chi connectivity index (χ4n) is 2.23. The van der Waals surface area contributed by atoms with Gasteiger partial charge in [0.15, 0.2) is 45.6 Å². The van der Waals surface area contributed by atoms with Gasteiger partial charge >= 0.3 is 47.8 Å². The van der Waals surface area contributed by atoms with E-state index >= 15 is 0 Å². The number of ether oxygens (including phenoxy) is 1. The fraction of sp³-hybridized carbons (Fsp3) is 0. The van der Waals surface area contributed by atoms with Crippen LogP contribution in [0, 0.1) is 0 Å². The SMILES string of the molecule is O=C(O)c1nc(C(=O)O)c(C(=O)OC(=O)c2nc(C(=O)O)c(C(=O)O)nc2C(=O)O)nc1C(=O)O. The van der Waals surface area contributed by atoms with Crippen molar-refractivity contribution in [3.63, 3.8) is 0 Å². The van der Waals surface area contributed by atoms with E-state index in [0.29, 0.717) is 0 Å². The van der Waals surface area contributed by atoms with Gasteiger partial charge in [0.1, 0.15) is 0 Å². The molecule has 0 bridgehead atoms. The molecule has 0 spiro atoms. The van der Waals surface area contributed by atoms with Crippen molar-refractivity contribution in [3.8, 4) is 0 Å². The predicted molar refractivity (Wildman–Crippen MR) is 95.6 cm³/mol. The van der Waals surface area contributed by atoms with Gasteiger partial charge in [0.2, 0.25) is 0 Å². The smallest absolute Gasteiger partial charge is 0.367 e. The first-order valence-electron chi connectivity index (χ1n) is 8.17. The molecule has 0 aliphatic heterocycles. The fourth-order valence-corrected chi connectivity index (χ4v) is 2.23. The van der Waals surface area contributed by atoms with E-state index in [9.17, 15) is 38.4 Å². The van der Waals surface area contributed by atoms with Crippen molar-refractivity contribution in [3.05, 3.63) is 45.6 Å². The molecule has 2 heterocycles. The zero-order valence-electron chi connectivity index (χ0n) is 16.1. The molecule has 19 heteroatoms. The molecular weight excluding hydrogens is 488 g/mol. The second-order valence-electron chi connectivity index (χ2n) is 5.74. The van der Waals surface area contributed by atoms with Crippen molar-refractivity contribution in [1.29, 1.82) is 0 Å². The third-order valence-electron chi connectivity index (χ3n) is 3.58. The van der Waals surface area contributed by atoms with Gasteiger partial charge in [-0.2, -0.15) is 0 Å². The van der Waals surface area contributed by atoms with Crippen molar-refractivity contribution < 1.29 is 73.7 Å². The molecule has 0 atom stereocenters. The van der Waals surface area contributed by atoms with Crippen LogP contribution in [0.3, 0.4) is 0 Å². The Morgan fingerprint density at radius 1 is 0.371 bits per heavy atom. The van der Waals surface area contributed by atoms with Crippen LogP contribution in [-0.4, -0.2) is 98.3 Å². The molecule has 0 aromatic carbocycles. The molecule has 0 radical (unpaired) electrons. The number of aromatic carboxylic acids is 6. The normalized spacial score (nSPS) is 10.2. The van der Waals surface area contributed by atoms with Gasteiger partial charge in [0, 0.05) is 0 Å². The Hall–Kier alpha value is -5.88. The van der Waals surface area contributed by atoms with Crippen molar-refractivity contribution in [2.75, 3.05) is 0 Å². The van der Waals surface area contributed by atoms with Gasteiger partial charge in [-0.1, -0.05) is 0 Å². The molecule has 19 nitrogen and oxygen atoms in total. The summed E-state index contributed by atoms with van der Waals surface area (Å²) in [5, 5.41) is 54.3. The number of rotatable bonds is 8. The summed E-state index contributed by atoms with van der Waals surface area (Å²) in [4.78, 5) is 104. The minimum Gasteiger partial charge on any atom is -0.476 e. The summed E-state index contributed by atoms with van der Waals surface area (Å²) < 4.78 is 4.18. The predicted octanol–water partition coefficient (Wildman–Crippen LogP) is -1.55. The quantitative estimate of drug-likeness (QED) is 0.179. The van der Waals surface area contributed by atoms with Gasteiger partial charge in [-0.3, -0.25) is 0 Å². The third kappa shape index (κ3) is 4.97. The summed E-state index contributed by atoms with van der Waals surface area (Å²) in [6.45, 7) is 0. The lowest BCUT2D eigenvalue weighted by Gasteiger charge is -2.09. The van der Waals surface area contributed by atoms with Crippen molar-refractivity contribution in [1.82, 2.24) is 19.9 Å². The summed E-state index contributed by atoms with van der Waals surface area (Å²) in [5.74, 6) is -16.7. The lowest BCUT2D eigenvalue weighted by molar-refractivity contribution is 0.0373. The molecule has 2 aromatic heterocycles. The van der Waals surface area contributed by atoms with Crippen molar-refractivity contribution in [2.45, 2.75) is 0 Å². The molecular formula is C16H6N4O15. The lowest BCUT2D eigenvalue weighted by Crippen LogP contribution is -2.27. The van der Waals surface area contributed by atoms with Crippen LogP contribution in [0.1, 0.15) is 83.9 Å². The van der Waals surface area contributed by atoms with Crippen molar-refractivity contribution >= 4 is 47.8 Å². The summed E-state index contributed by atoms with van der Waals surface area (Å²) in [7, 11) is 0. The second kappa shape index (κ2) is 9.32. The first kappa shape index (κ1) is 25.4. The van der Waals surface area contributed by atoms with E-state index in [4.69, 9.17) is 30.6 Å². The second-order valence-corrected chi connectivity index (χ2v) is 5.74. The summed E-state index contributed by atoms with van der Waals surface area (Å²) in [6.07, 6.45) is 0. The Labute approximate surface area is 187 Å². The van der Waals surface area contributed by atoms with E-state index in [0.717, 1.165) is 0 Å². The van der Waals surface area contributed by atoms with E-state index in [2.05, 4.69) is 24.7 Å². The van der Waals surface area contributed by atoms with Gasteiger partial charge in [0.05, 0.1) is 0 Å². The van der Waals surface area contributed by atoms with E-state index in [1.807, 2.05) is 0 Å². The number of carbonyl (C=O) groups excluding carboxylic acids is 2. The molecule has 0 aliphatic rings. The summed E-state index contributed by atoms with van der Waals surface area (Å²) in [6, 6.07) is 0. The van der Waals surface area contributed by atoms with Crippen LogP contribution < -0.4 is 0 Å². The van der Waals surface area contributed by atoms with Crippen LogP contribution in [0.2, 0.25) is 0 Å². The maximum Gasteiger partial charge on any atom is 0.367 e. The summed E-state index contributed by atoms with van der Waals surface area (Å²) >= 11 is 0. The maximum absolute atomic E-state index is 12.3. The number of carboxylic acid groups (broad SMARTS) is 6. The number of hydrogen-bond acceptors (Lipinski definition) is 13. The third-order valence-corrected chi connectivity index (χ3v) is 3.58. The average Bonchev–Trinajstić information content (AvgIpc) is 2.76. The van der Waals surface area contributed by atoms with Gasteiger partial charge < -0.3 is 35.4 Å². The Morgan fingerprint density at radius 3 is 0.743 bits per heavy atom. The first-order chi connectivity index (χ1) is 16.2. The number of carboxylic acids is 6. The standard InChI is InChI=1S/C16H6N4O15/c21-9(22)1-3(11(25)26)19-7(5(17-1)13(29)30)15(33)35-16(34)8-6(14(31)32)18-2(10(23)24)4(20-8)12(27)28/h(H,21,22)(H,23,24)(H,25,26)(H,27,28)(H,29,30)(H,31,32). The highest BCUT2D eigenvalue weighted by molar-refractivity contribution is 6.10. The Kier molecular flexibility index (Phi) is 6.76. The van der Waals surface area contributed by atoms with Crippen LogP contribution in [0.25, 0.3) is 0 Å². The monoisotopic (exact) mass is 494 g/mol. The maximum atomic E-state index is 12.3. The van der Waals surface area contributed by atoms with Crippen molar-refractivity contribution in [2.24, 2.45) is 0 Å². The van der Waals surface area contributed by atoms with Gasteiger partial charge in [-0.15, -0.1) is 0 Å². The lowest BCUT2D eigenvalue weighted by atomic mass is 10.2. The molecule has 2 rings (SSSR count). The minimum atomic E-state index is -2.12. The number of hydrogen-bond donors (Lipinski definition) is 6. The zero-order valence-corrected chi connectivity index (χ0v) is 16.1. The van der Waals surface area contributed by atoms with Crippen LogP contribution >= 0.6 is 0 Å². The molecule has 0 amide bonds. The van der Waals surface area contributed by atoms with Gasteiger partial charge in [-0.25, -0.2) is 58.3 Å². The summed E-state index contributed by atoms with van der Waals surface area (Å²) in [5.41, 5.74) is -11.7. The molecule has 2 aromatic rings. The molecule has 0 aliphatic carbocycles. The van der Waals surface area contributed by atoms with Crippen LogP contribution in [0.5, 0.6) is 0 Å². The highest BCUT2D eigenvalue weighted by atomic mass is 16.6. The highest BCUT2D eigenvalue weighted by Gasteiger charge is 2.34. The molecule has 0 saturated heterocycles. The molecule has 0 fully saturated rings. The topological polar surface area (TPSA) is 319 Å². The van der Waals surface area contributed by atoms with Gasteiger partial charge in [-0.05, 0) is 0 Å². The Morgan fingerprint density at radius 2 is 0.543 bits per heavy atom. The molecule has 35 heavy (non-hydrogen) atoms. The van der Waals surface area contributed by atoms with E-state index in [-0.39, 0.29) is 0 Å². The number of aromatic nitrogens is 4. The van der Waals surface area contributed by atoms with E-state index in [1.165, 1.54) is 0 Å². The largest absolute Gasteiger partial charge is 0.476 e. The number of carbonyl (C=O) groups is 8.